The molecule has 0 unspecified atom stereocenters. The van der Waals surface area contributed by atoms with Crippen LogP contribution in [0.4, 0.5) is 0 Å². The van der Waals surface area contributed by atoms with Gasteiger partial charge in [-0.25, -0.2) is 9.97 Å². The van der Waals surface area contributed by atoms with E-state index in [4.69, 9.17) is 42.6 Å². The second-order valence-electron chi connectivity index (χ2n) is 11.7. The predicted octanol–water partition coefficient (Wildman–Crippen LogP) is 5.39. The summed E-state index contributed by atoms with van der Waals surface area (Å²) in [4.78, 5) is 34.2. The molecule has 5 aromatic rings. The average molecular weight is 716 g/mol. The van der Waals surface area contributed by atoms with E-state index in [1.807, 2.05) is 36.4 Å². The van der Waals surface area contributed by atoms with Crippen LogP contribution in [0.15, 0.2) is 67.3 Å². The third kappa shape index (κ3) is 8.11. The Kier molecular flexibility index (Phi) is 11.3. The molecule has 14 heteroatoms. The second kappa shape index (κ2) is 16.2. The average Bonchev–Trinajstić information content (AvgIpc) is 3.55. The van der Waals surface area contributed by atoms with E-state index in [9.17, 15) is 9.90 Å². The van der Waals surface area contributed by atoms with Gasteiger partial charge in [0.1, 0.15) is 17.1 Å². The highest BCUT2D eigenvalue weighted by Gasteiger charge is 2.21. The third-order valence-electron chi connectivity index (χ3n) is 8.28. The van der Waals surface area contributed by atoms with Crippen molar-refractivity contribution < 1.29 is 19.4 Å². The van der Waals surface area contributed by atoms with Crippen molar-refractivity contribution in [2.45, 2.75) is 38.4 Å². The number of methoxy groups -OCH3 is 2. The van der Waals surface area contributed by atoms with Crippen molar-refractivity contribution in [3.63, 3.8) is 0 Å². The standard InChI is InChI=1S/C36H36Cl2N8O4/c1-49-35-30(17-39-12-11-21-13-23(47)16-40-14-21)42-19-28(45-35)26-7-3-5-24(33(26)37)25-6-4-8-27(34(25)38)29-20-43-31(36(46-29)50-2)18-41-15-22-9-10-32(48)44-22/h3-8,13-14,16,19-20,22,39,41,47H,9-12,15,17-18H2,1-2H3,(H,44,48)/t22-/m0/s1. The molecular formula is C36H36Cl2N8O4. The maximum atomic E-state index is 11.5. The summed E-state index contributed by atoms with van der Waals surface area (Å²) in [5.41, 5.74) is 6.07. The Morgan fingerprint density at radius 3 is 1.96 bits per heavy atom. The minimum Gasteiger partial charge on any atom is -0.506 e. The number of rotatable bonds is 14. The molecule has 1 aliphatic heterocycles. The summed E-state index contributed by atoms with van der Waals surface area (Å²) in [5, 5.41) is 20.2. The first-order chi connectivity index (χ1) is 24.3. The van der Waals surface area contributed by atoms with Gasteiger partial charge in [-0.1, -0.05) is 59.6 Å². The summed E-state index contributed by atoms with van der Waals surface area (Å²) in [6.45, 7) is 2.15. The molecule has 1 amide bonds. The Hall–Kier alpha value is -4.88. The Bertz CT molecular complexity index is 2000. The monoisotopic (exact) mass is 714 g/mol. The van der Waals surface area contributed by atoms with Crippen LogP contribution in [0, 0.1) is 0 Å². The highest BCUT2D eigenvalue weighted by molar-refractivity contribution is 6.39. The fourth-order valence-corrected chi connectivity index (χ4v) is 6.39. The largest absolute Gasteiger partial charge is 0.506 e. The molecule has 6 rings (SSSR count). The lowest BCUT2D eigenvalue weighted by Crippen LogP contribution is -2.35. The van der Waals surface area contributed by atoms with Crippen molar-refractivity contribution in [2.24, 2.45) is 0 Å². The number of nitrogens with zero attached hydrogens (tertiary/aromatic N) is 5. The number of aromatic nitrogens is 5. The first kappa shape index (κ1) is 35.0. The maximum Gasteiger partial charge on any atom is 0.237 e. The number of pyridine rings is 1. The zero-order valence-corrected chi connectivity index (χ0v) is 29.1. The smallest absolute Gasteiger partial charge is 0.237 e. The number of amides is 1. The van der Waals surface area contributed by atoms with E-state index in [2.05, 4.69) is 30.9 Å². The third-order valence-corrected chi connectivity index (χ3v) is 9.10. The lowest BCUT2D eigenvalue weighted by atomic mass is 9.98. The Balaban J connectivity index is 1.18. The first-order valence-corrected chi connectivity index (χ1v) is 16.8. The SMILES string of the molecule is COc1nc(-c2cccc(-c3cccc(-c4cnc(CNC[C@@H]5CCC(=O)N5)c(OC)n4)c3Cl)c2Cl)cnc1CNCCc1cncc(O)c1. The van der Waals surface area contributed by atoms with Crippen molar-refractivity contribution in [3.05, 3.63) is 94.2 Å². The summed E-state index contributed by atoms with van der Waals surface area (Å²) >= 11 is 14.1. The van der Waals surface area contributed by atoms with Gasteiger partial charge in [0.2, 0.25) is 17.7 Å². The molecule has 1 fully saturated rings. The molecule has 12 nitrogen and oxygen atoms in total. The van der Waals surface area contributed by atoms with Gasteiger partial charge in [-0.15, -0.1) is 0 Å². The number of ether oxygens (including phenoxy) is 2. The van der Waals surface area contributed by atoms with Crippen molar-refractivity contribution in [1.82, 2.24) is 40.9 Å². The molecule has 0 spiro atoms. The zero-order chi connectivity index (χ0) is 35.0. The van der Waals surface area contributed by atoms with Crippen LogP contribution in [0.1, 0.15) is 29.8 Å². The number of benzene rings is 2. The van der Waals surface area contributed by atoms with Crippen LogP contribution in [-0.4, -0.2) is 69.3 Å². The quantitative estimate of drug-likeness (QED) is 0.109. The van der Waals surface area contributed by atoms with Gasteiger partial charge in [0.05, 0.1) is 54.2 Å². The lowest BCUT2D eigenvalue weighted by molar-refractivity contribution is -0.119. The second-order valence-corrected chi connectivity index (χ2v) is 12.4. The maximum absolute atomic E-state index is 11.5. The van der Waals surface area contributed by atoms with Crippen LogP contribution in [0.25, 0.3) is 33.6 Å². The van der Waals surface area contributed by atoms with Gasteiger partial charge in [0, 0.05) is 60.5 Å². The molecule has 4 heterocycles. The van der Waals surface area contributed by atoms with Crippen LogP contribution >= 0.6 is 23.2 Å². The van der Waals surface area contributed by atoms with E-state index < -0.39 is 0 Å². The minimum absolute atomic E-state index is 0.0789. The molecule has 3 aromatic heterocycles. The molecule has 0 aliphatic carbocycles. The van der Waals surface area contributed by atoms with Crippen LogP contribution < -0.4 is 25.4 Å². The molecule has 50 heavy (non-hydrogen) atoms. The van der Waals surface area contributed by atoms with Gasteiger partial charge in [-0.05, 0) is 31.0 Å². The zero-order valence-electron chi connectivity index (χ0n) is 27.5. The molecule has 0 bridgehead atoms. The summed E-state index contributed by atoms with van der Waals surface area (Å²) in [7, 11) is 3.10. The van der Waals surface area contributed by atoms with E-state index in [-0.39, 0.29) is 17.7 Å². The highest BCUT2D eigenvalue weighted by atomic mass is 35.5. The highest BCUT2D eigenvalue weighted by Crippen LogP contribution is 2.42. The van der Waals surface area contributed by atoms with E-state index in [1.165, 1.54) is 6.20 Å². The predicted molar refractivity (Wildman–Crippen MR) is 191 cm³/mol. The molecule has 258 valence electrons. The van der Waals surface area contributed by atoms with Gasteiger partial charge in [0.15, 0.2) is 0 Å². The van der Waals surface area contributed by atoms with Crippen LogP contribution in [-0.2, 0) is 24.3 Å². The summed E-state index contributed by atoms with van der Waals surface area (Å²) in [6.07, 6.45) is 8.52. The molecule has 1 aliphatic rings. The van der Waals surface area contributed by atoms with Crippen molar-refractivity contribution >= 4 is 29.1 Å². The summed E-state index contributed by atoms with van der Waals surface area (Å²) < 4.78 is 11.2. The van der Waals surface area contributed by atoms with Crippen LogP contribution in [0.3, 0.4) is 0 Å². The van der Waals surface area contributed by atoms with Gasteiger partial charge >= 0.3 is 0 Å². The van der Waals surface area contributed by atoms with Crippen molar-refractivity contribution in [1.29, 1.82) is 0 Å². The molecule has 1 atom stereocenters. The van der Waals surface area contributed by atoms with Crippen molar-refractivity contribution in [3.8, 4) is 51.2 Å². The first-order valence-electron chi connectivity index (χ1n) is 16.1. The molecule has 1 saturated heterocycles. The number of aromatic hydroxyl groups is 1. The van der Waals surface area contributed by atoms with Gasteiger partial charge in [-0.3, -0.25) is 19.7 Å². The minimum atomic E-state index is 0.0789. The fraction of sp³-hybridized carbons (Fsp3) is 0.278. The summed E-state index contributed by atoms with van der Waals surface area (Å²) in [6, 6.07) is 13.1. The van der Waals surface area contributed by atoms with Crippen LogP contribution in [0.5, 0.6) is 17.5 Å². The van der Waals surface area contributed by atoms with Crippen molar-refractivity contribution in [2.75, 3.05) is 27.3 Å². The Labute approximate surface area is 299 Å². The number of nitrogens with one attached hydrogen (secondary N) is 3. The molecule has 2 aromatic carbocycles. The lowest BCUT2D eigenvalue weighted by Gasteiger charge is -2.15. The summed E-state index contributed by atoms with van der Waals surface area (Å²) in [5.74, 6) is 0.982. The molecule has 0 radical (unpaired) electrons. The molecule has 4 N–H and O–H groups in total. The van der Waals surface area contributed by atoms with Gasteiger partial charge in [-0.2, -0.15) is 0 Å². The fourth-order valence-electron chi connectivity index (χ4n) is 5.74. The van der Waals surface area contributed by atoms with Crippen LogP contribution in [0.2, 0.25) is 10.0 Å². The number of carbonyl (C=O) groups excluding carboxylic acids is 1. The number of halogens is 2. The van der Waals surface area contributed by atoms with E-state index in [0.29, 0.717) is 106 Å². The van der Waals surface area contributed by atoms with E-state index in [0.717, 1.165) is 12.0 Å². The Morgan fingerprint density at radius 2 is 1.42 bits per heavy atom. The van der Waals surface area contributed by atoms with E-state index >= 15 is 0 Å². The molecular weight excluding hydrogens is 679 g/mol. The topological polar surface area (TPSA) is 156 Å². The number of carbonyl (C=O) groups is 1. The van der Waals surface area contributed by atoms with Gasteiger partial charge in [0.25, 0.3) is 0 Å². The Morgan fingerprint density at radius 1 is 0.840 bits per heavy atom. The normalized spacial score (nSPS) is 14.1. The number of hydrogen-bond acceptors (Lipinski definition) is 11. The number of hydrogen-bond donors (Lipinski definition) is 4. The van der Waals surface area contributed by atoms with E-state index in [1.54, 1.807) is 38.9 Å². The van der Waals surface area contributed by atoms with Gasteiger partial charge < -0.3 is 30.5 Å². The molecule has 0 saturated carbocycles.